The molecule has 4 aromatic rings. The largest absolute Gasteiger partial charge is 0.320 e. The third kappa shape index (κ3) is 4.59. The van der Waals surface area contributed by atoms with Gasteiger partial charge in [0.1, 0.15) is 0 Å². The highest BCUT2D eigenvalue weighted by Gasteiger charge is 2.24. The molecule has 31 heavy (non-hydrogen) atoms. The summed E-state index contributed by atoms with van der Waals surface area (Å²) >= 11 is 0. The molecule has 4 heteroatoms. The lowest BCUT2D eigenvalue weighted by molar-refractivity contribution is 0.102. The minimum absolute atomic E-state index is 0.0644. The maximum atomic E-state index is 13.4. The summed E-state index contributed by atoms with van der Waals surface area (Å²) in [6.07, 6.45) is 2.65. The minimum atomic E-state index is -1.59. The van der Waals surface area contributed by atoms with Crippen LogP contribution < -0.4 is 10.5 Å². The molecule has 1 aromatic heterocycles. The van der Waals surface area contributed by atoms with Crippen LogP contribution in [0.2, 0.25) is 19.1 Å². The van der Waals surface area contributed by atoms with E-state index in [1.165, 1.54) is 5.19 Å². The molecule has 0 atom stereocenters. The summed E-state index contributed by atoms with van der Waals surface area (Å²) in [7, 11) is -1.59. The van der Waals surface area contributed by atoms with Crippen molar-refractivity contribution in [3.8, 4) is 0 Å². The van der Waals surface area contributed by atoms with Crippen molar-refractivity contribution in [1.82, 2.24) is 4.98 Å². The SMILES string of the molecule is Cc1cccc(CC[Si](C)(C)c2ccccc2)c1C(=O)Nc1cccc2cccnc12. The van der Waals surface area contributed by atoms with E-state index in [9.17, 15) is 4.79 Å². The number of amides is 1. The van der Waals surface area contributed by atoms with Crippen molar-refractivity contribution in [2.75, 3.05) is 5.32 Å². The predicted molar refractivity (Wildman–Crippen MR) is 133 cm³/mol. The standard InChI is InChI=1S/C27H28N2OSi/c1-20-10-7-11-21(17-19-31(2,3)23-14-5-4-6-15-23)25(20)27(30)29-24-16-8-12-22-13-9-18-28-26(22)24/h4-16,18H,17,19H2,1-3H3,(H,29,30). The number of hydrogen-bond acceptors (Lipinski definition) is 2. The maximum absolute atomic E-state index is 13.4. The number of rotatable bonds is 6. The van der Waals surface area contributed by atoms with Gasteiger partial charge in [-0.05, 0) is 42.6 Å². The van der Waals surface area contributed by atoms with Gasteiger partial charge < -0.3 is 5.32 Å². The van der Waals surface area contributed by atoms with E-state index in [-0.39, 0.29) is 5.91 Å². The topological polar surface area (TPSA) is 42.0 Å². The molecule has 0 radical (unpaired) electrons. The molecule has 0 bridgehead atoms. The highest BCUT2D eigenvalue weighted by Crippen LogP contribution is 2.24. The van der Waals surface area contributed by atoms with Gasteiger partial charge in [0, 0.05) is 17.1 Å². The Morgan fingerprint density at radius 2 is 1.65 bits per heavy atom. The highest BCUT2D eigenvalue weighted by atomic mass is 28.3. The molecule has 0 aliphatic heterocycles. The number of carbonyl (C=O) groups excluding carboxylic acids is 1. The van der Waals surface area contributed by atoms with Crippen LogP contribution in [-0.2, 0) is 6.42 Å². The number of pyridine rings is 1. The maximum Gasteiger partial charge on any atom is 0.256 e. The van der Waals surface area contributed by atoms with E-state index in [0.717, 1.165) is 45.7 Å². The van der Waals surface area contributed by atoms with Crippen molar-refractivity contribution >= 4 is 35.8 Å². The Kier molecular flexibility index (Phi) is 6.00. The second kappa shape index (κ2) is 8.86. The normalized spacial score (nSPS) is 11.5. The van der Waals surface area contributed by atoms with Gasteiger partial charge in [0.25, 0.3) is 5.91 Å². The lowest BCUT2D eigenvalue weighted by Crippen LogP contribution is -2.41. The molecule has 0 aliphatic rings. The van der Waals surface area contributed by atoms with E-state index < -0.39 is 8.07 Å². The zero-order valence-electron chi connectivity index (χ0n) is 18.4. The fourth-order valence-electron chi connectivity index (χ4n) is 4.13. The zero-order valence-corrected chi connectivity index (χ0v) is 19.4. The van der Waals surface area contributed by atoms with Gasteiger partial charge >= 0.3 is 0 Å². The molecular weight excluding hydrogens is 396 g/mol. The third-order valence-corrected chi connectivity index (χ3v) is 9.44. The average molecular weight is 425 g/mol. The van der Waals surface area contributed by atoms with Crippen LogP contribution >= 0.6 is 0 Å². The van der Waals surface area contributed by atoms with Crippen LogP contribution in [0.1, 0.15) is 21.5 Å². The summed E-state index contributed by atoms with van der Waals surface area (Å²) in [5.74, 6) is -0.0644. The Bertz CT molecular complexity index is 1210. The van der Waals surface area contributed by atoms with E-state index in [4.69, 9.17) is 0 Å². The molecule has 1 N–H and O–H groups in total. The van der Waals surface area contributed by atoms with Crippen molar-refractivity contribution < 1.29 is 4.79 Å². The van der Waals surface area contributed by atoms with Crippen molar-refractivity contribution in [3.63, 3.8) is 0 Å². The van der Waals surface area contributed by atoms with Crippen LogP contribution in [0.4, 0.5) is 5.69 Å². The van der Waals surface area contributed by atoms with Gasteiger partial charge in [0.05, 0.1) is 19.3 Å². The van der Waals surface area contributed by atoms with E-state index in [2.05, 4.69) is 65.9 Å². The van der Waals surface area contributed by atoms with Crippen molar-refractivity contribution in [3.05, 3.63) is 102 Å². The van der Waals surface area contributed by atoms with Gasteiger partial charge in [0.15, 0.2) is 0 Å². The van der Waals surface area contributed by atoms with E-state index in [1.54, 1.807) is 6.20 Å². The third-order valence-electron chi connectivity index (χ3n) is 6.04. The molecule has 3 aromatic carbocycles. The Labute approximate surface area is 185 Å². The fourth-order valence-corrected chi connectivity index (χ4v) is 6.41. The first kappa shape index (κ1) is 21.0. The summed E-state index contributed by atoms with van der Waals surface area (Å²) in [5, 5.41) is 5.59. The van der Waals surface area contributed by atoms with Crippen molar-refractivity contribution in [2.24, 2.45) is 0 Å². The first-order valence-corrected chi connectivity index (χ1v) is 14.0. The number of aromatic nitrogens is 1. The van der Waals surface area contributed by atoms with Crippen LogP contribution in [0.15, 0.2) is 85.1 Å². The highest BCUT2D eigenvalue weighted by molar-refractivity contribution is 6.89. The lowest BCUT2D eigenvalue weighted by atomic mass is 9.99. The van der Waals surface area contributed by atoms with E-state index in [0.29, 0.717) is 0 Å². The molecular formula is C27H28N2OSi. The monoisotopic (exact) mass is 424 g/mol. The van der Waals surface area contributed by atoms with Crippen LogP contribution in [0.25, 0.3) is 10.9 Å². The number of nitrogens with one attached hydrogen (secondary N) is 1. The predicted octanol–water partition coefficient (Wildman–Crippen LogP) is 5.95. The summed E-state index contributed by atoms with van der Waals surface area (Å²) in [6, 6.07) is 27.8. The summed E-state index contributed by atoms with van der Waals surface area (Å²) in [4.78, 5) is 17.8. The van der Waals surface area contributed by atoms with Gasteiger partial charge in [-0.3, -0.25) is 9.78 Å². The smallest absolute Gasteiger partial charge is 0.256 e. The lowest BCUT2D eigenvalue weighted by Gasteiger charge is -2.24. The quantitative estimate of drug-likeness (QED) is 0.388. The molecule has 156 valence electrons. The second-order valence-corrected chi connectivity index (χ2v) is 13.5. The number of nitrogens with zero attached hydrogens (tertiary/aromatic N) is 1. The molecule has 1 heterocycles. The van der Waals surface area contributed by atoms with Gasteiger partial charge in [0.2, 0.25) is 0 Å². The number of para-hydroxylation sites is 1. The Balaban J connectivity index is 1.60. The van der Waals surface area contributed by atoms with Gasteiger partial charge in [-0.2, -0.15) is 0 Å². The Hall–Kier alpha value is -3.24. The minimum Gasteiger partial charge on any atom is -0.320 e. The molecule has 4 rings (SSSR count). The number of fused-ring (bicyclic) bond motifs is 1. The summed E-state index contributed by atoms with van der Waals surface area (Å²) in [5.41, 5.74) is 4.46. The van der Waals surface area contributed by atoms with Gasteiger partial charge in [-0.1, -0.05) is 85.0 Å². The number of benzene rings is 3. The van der Waals surface area contributed by atoms with Crippen molar-refractivity contribution in [2.45, 2.75) is 32.5 Å². The van der Waals surface area contributed by atoms with Crippen LogP contribution in [0.3, 0.4) is 0 Å². The van der Waals surface area contributed by atoms with Crippen molar-refractivity contribution in [1.29, 1.82) is 0 Å². The summed E-state index contributed by atoms with van der Waals surface area (Å²) in [6.45, 7) is 6.82. The zero-order chi connectivity index (χ0) is 21.8. The molecule has 0 saturated carbocycles. The van der Waals surface area contributed by atoms with Crippen LogP contribution in [0.5, 0.6) is 0 Å². The molecule has 0 fully saturated rings. The van der Waals surface area contributed by atoms with Gasteiger partial charge in [-0.25, -0.2) is 0 Å². The molecule has 1 amide bonds. The number of carbonyl (C=O) groups is 1. The summed E-state index contributed by atoms with van der Waals surface area (Å²) < 4.78 is 0. The Morgan fingerprint density at radius 1 is 0.903 bits per heavy atom. The van der Waals surface area contributed by atoms with E-state index in [1.807, 2.05) is 43.3 Å². The molecule has 0 unspecified atom stereocenters. The molecule has 0 aliphatic carbocycles. The number of anilines is 1. The number of hydrogen-bond donors (Lipinski definition) is 1. The average Bonchev–Trinajstić information content (AvgIpc) is 2.78. The molecule has 0 saturated heterocycles. The van der Waals surface area contributed by atoms with Crippen LogP contribution in [-0.4, -0.2) is 19.0 Å². The van der Waals surface area contributed by atoms with Crippen LogP contribution in [0, 0.1) is 6.92 Å². The molecule has 3 nitrogen and oxygen atoms in total. The first-order chi connectivity index (χ1) is 15.0. The number of aryl methyl sites for hydroxylation is 2. The fraction of sp³-hybridized carbons (Fsp3) is 0.185. The first-order valence-electron chi connectivity index (χ1n) is 10.7. The second-order valence-electron chi connectivity index (χ2n) is 8.69. The van der Waals surface area contributed by atoms with E-state index >= 15 is 0 Å². The Morgan fingerprint density at radius 3 is 2.45 bits per heavy atom. The van der Waals surface area contributed by atoms with Gasteiger partial charge in [-0.15, -0.1) is 0 Å². The molecule has 0 spiro atoms.